The SMILES string of the molecule is OC(NCc1[nH]nc2ccc(Cl)cc12)c1cnnc(Cc2ccc3ncc(Cl)cc3c2)c1. The van der Waals surface area contributed by atoms with Gasteiger partial charge in [-0.05, 0) is 48.0 Å². The van der Waals surface area contributed by atoms with E-state index in [1.165, 1.54) is 0 Å². The number of hydrogen-bond donors (Lipinski definition) is 3. The zero-order valence-electron chi connectivity index (χ0n) is 16.8. The number of halogens is 2. The van der Waals surface area contributed by atoms with Crippen LogP contribution in [0.2, 0.25) is 10.0 Å². The number of nitrogens with one attached hydrogen (secondary N) is 2. The number of nitrogens with zero attached hydrogens (tertiary/aromatic N) is 4. The van der Waals surface area contributed by atoms with Crippen LogP contribution in [0.15, 0.2) is 60.9 Å². The van der Waals surface area contributed by atoms with Crippen molar-refractivity contribution in [2.45, 2.75) is 19.2 Å². The van der Waals surface area contributed by atoms with Crippen molar-refractivity contribution in [2.75, 3.05) is 0 Å². The summed E-state index contributed by atoms with van der Waals surface area (Å²) in [6.45, 7) is 0.383. The number of rotatable bonds is 6. The summed E-state index contributed by atoms with van der Waals surface area (Å²) in [6, 6.07) is 15.2. The molecule has 32 heavy (non-hydrogen) atoms. The standard InChI is InChI=1S/C23H18Cl2N6O/c24-16-2-4-21-19(9-16)22(31-30-21)12-27-23(32)15-8-18(29-28-10-15)6-13-1-3-20-14(5-13)7-17(25)11-26-20/h1-5,7-11,23,27,32H,6,12H2,(H,30,31). The molecule has 0 spiro atoms. The van der Waals surface area contributed by atoms with Crippen LogP contribution in [0.5, 0.6) is 0 Å². The highest BCUT2D eigenvalue weighted by molar-refractivity contribution is 6.31. The smallest absolute Gasteiger partial charge is 0.133 e. The Balaban J connectivity index is 1.30. The van der Waals surface area contributed by atoms with Gasteiger partial charge in [-0.1, -0.05) is 29.3 Å². The van der Waals surface area contributed by atoms with Crippen LogP contribution in [-0.2, 0) is 13.0 Å². The van der Waals surface area contributed by atoms with Gasteiger partial charge in [-0.25, -0.2) is 0 Å². The van der Waals surface area contributed by atoms with Crippen LogP contribution in [0.1, 0.15) is 28.7 Å². The van der Waals surface area contributed by atoms with Crippen molar-refractivity contribution < 1.29 is 5.11 Å². The van der Waals surface area contributed by atoms with Crippen molar-refractivity contribution in [3.05, 3.63) is 93.5 Å². The number of benzene rings is 2. The van der Waals surface area contributed by atoms with Crippen LogP contribution in [0.25, 0.3) is 21.8 Å². The van der Waals surface area contributed by atoms with Crippen molar-refractivity contribution in [3.63, 3.8) is 0 Å². The van der Waals surface area contributed by atoms with Gasteiger partial charge >= 0.3 is 0 Å². The average Bonchev–Trinajstić information content (AvgIpc) is 3.19. The molecule has 0 fully saturated rings. The molecule has 0 aliphatic carbocycles. The van der Waals surface area contributed by atoms with Gasteiger partial charge in [-0.3, -0.25) is 15.4 Å². The Kier molecular flexibility index (Phi) is 5.71. The first-order chi connectivity index (χ1) is 15.5. The molecule has 3 aromatic heterocycles. The van der Waals surface area contributed by atoms with Crippen LogP contribution in [0, 0.1) is 0 Å². The minimum absolute atomic E-state index is 0.383. The molecule has 3 N–H and O–H groups in total. The van der Waals surface area contributed by atoms with E-state index in [9.17, 15) is 5.11 Å². The Hall–Kier alpha value is -3.10. The molecule has 0 aliphatic heterocycles. The van der Waals surface area contributed by atoms with E-state index in [1.54, 1.807) is 18.5 Å². The number of fused-ring (bicyclic) bond motifs is 2. The zero-order valence-corrected chi connectivity index (χ0v) is 18.3. The lowest BCUT2D eigenvalue weighted by atomic mass is 10.1. The first kappa shape index (κ1) is 20.8. The normalized spacial score (nSPS) is 12.5. The summed E-state index contributed by atoms with van der Waals surface area (Å²) in [7, 11) is 0. The summed E-state index contributed by atoms with van der Waals surface area (Å²) < 4.78 is 0. The Bertz CT molecular complexity index is 1420. The number of aromatic amines is 1. The third-order valence-corrected chi connectivity index (χ3v) is 5.65. The average molecular weight is 465 g/mol. The zero-order chi connectivity index (χ0) is 22.1. The van der Waals surface area contributed by atoms with Gasteiger partial charge in [0.05, 0.1) is 33.6 Å². The van der Waals surface area contributed by atoms with Crippen LogP contribution in [-0.4, -0.2) is 30.5 Å². The van der Waals surface area contributed by atoms with Crippen LogP contribution in [0.3, 0.4) is 0 Å². The molecule has 1 unspecified atom stereocenters. The van der Waals surface area contributed by atoms with Gasteiger partial charge in [0.15, 0.2) is 0 Å². The molecule has 0 bridgehead atoms. The predicted molar refractivity (Wildman–Crippen MR) is 124 cm³/mol. The highest BCUT2D eigenvalue weighted by Crippen LogP contribution is 2.22. The van der Waals surface area contributed by atoms with Gasteiger partial charge in [-0.15, -0.1) is 0 Å². The molecule has 160 valence electrons. The highest BCUT2D eigenvalue weighted by atomic mass is 35.5. The first-order valence-electron chi connectivity index (χ1n) is 9.95. The summed E-state index contributed by atoms with van der Waals surface area (Å²) in [6.07, 6.45) is 2.84. The second kappa shape index (κ2) is 8.80. The molecule has 0 amide bonds. The van der Waals surface area contributed by atoms with Crippen molar-refractivity contribution in [1.82, 2.24) is 30.7 Å². The fourth-order valence-corrected chi connectivity index (χ4v) is 3.96. The topological polar surface area (TPSA) is 99.6 Å². The number of hydrogen-bond acceptors (Lipinski definition) is 6. The Morgan fingerprint density at radius 2 is 1.84 bits per heavy atom. The minimum atomic E-state index is -0.915. The van der Waals surface area contributed by atoms with Gasteiger partial charge in [0.2, 0.25) is 0 Å². The van der Waals surface area contributed by atoms with Gasteiger partial charge in [-0.2, -0.15) is 15.3 Å². The maximum Gasteiger partial charge on any atom is 0.133 e. The monoisotopic (exact) mass is 464 g/mol. The third-order valence-electron chi connectivity index (χ3n) is 5.21. The molecular weight excluding hydrogens is 447 g/mol. The fraction of sp³-hybridized carbons (Fsp3) is 0.130. The maximum absolute atomic E-state index is 10.6. The fourth-order valence-electron chi connectivity index (χ4n) is 3.62. The Morgan fingerprint density at radius 1 is 0.969 bits per heavy atom. The lowest BCUT2D eigenvalue weighted by Crippen LogP contribution is -2.21. The highest BCUT2D eigenvalue weighted by Gasteiger charge is 2.12. The molecule has 3 heterocycles. The third kappa shape index (κ3) is 4.42. The van der Waals surface area contributed by atoms with Gasteiger partial charge in [0.25, 0.3) is 0 Å². The molecule has 2 aromatic carbocycles. The first-order valence-corrected chi connectivity index (χ1v) is 10.7. The largest absolute Gasteiger partial charge is 0.374 e. The van der Waals surface area contributed by atoms with E-state index < -0.39 is 6.23 Å². The van der Waals surface area contributed by atoms with Crippen molar-refractivity contribution in [3.8, 4) is 0 Å². The summed E-state index contributed by atoms with van der Waals surface area (Å²) in [5, 5.41) is 32.4. The van der Waals surface area contributed by atoms with Gasteiger partial charge in [0, 0.05) is 40.5 Å². The number of aliphatic hydroxyl groups is 1. The van der Waals surface area contributed by atoms with E-state index >= 15 is 0 Å². The van der Waals surface area contributed by atoms with E-state index in [-0.39, 0.29) is 0 Å². The molecule has 5 rings (SSSR count). The molecule has 5 aromatic rings. The van der Waals surface area contributed by atoms with Crippen LogP contribution < -0.4 is 5.32 Å². The maximum atomic E-state index is 10.6. The molecule has 0 aliphatic rings. The van der Waals surface area contributed by atoms with Crippen molar-refractivity contribution in [2.24, 2.45) is 0 Å². The summed E-state index contributed by atoms with van der Waals surface area (Å²) >= 11 is 12.2. The van der Waals surface area contributed by atoms with Gasteiger partial charge in [0.1, 0.15) is 6.23 Å². The molecule has 1 atom stereocenters. The summed E-state index contributed by atoms with van der Waals surface area (Å²) in [5.41, 5.74) is 4.97. The Labute approximate surface area is 193 Å². The molecule has 9 heteroatoms. The second-order valence-electron chi connectivity index (χ2n) is 7.48. The van der Waals surface area contributed by atoms with E-state index in [0.29, 0.717) is 28.6 Å². The minimum Gasteiger partial charge on any atom is -0.374 e. The molecular formula is C23H18Cl2N6O. The molecule has 7 nitrogen and oxygen atoms in total. The van der Waals surface area contributed by atoms with Crippen molar-refractivity contribution >= 4 is 45.0 Å². The predicted octanol–water partition coefficient (Wildman–Crippen LogP) is 4.58. The van der Waals surface area contributed by atoms with E-state index in [0.717, 1.165) is 38.8 Å². The van der Waals surface area contributed by atoms with E-state index in [2.05, 4.69) is 30.7 Å². The number of H-pyrrole nitrogens is 1. The second-order valence-corrected chi connectivity index (χ2v) is 8.36. The molecule has 0 saturated carbocycles. The Morgan fingerprint density at radius 3 is 2.75 bits per heavy atom. The molecule has 0 radical (unpaired) electrons. The quantitative estimate of drug-likeness (QED) is 0.318. The van der Waals surface area contributed by atoms with Crippen LogP contribution in [0.4, 0.5) is 0 Å². The van der Waals surface area contributed by atoms with Gasteiger partial charge < -0.3 is 5.11 Å². The van der Waals surface area contributed by atoms with E-state index in [1.807, 2.05) is 42.5 Å². The molecule has 0 saturated heterocycles. The van der Waals surface area contributed by atoms with E-state index in [4.69, 9.17) is 23.2 Å². The lowest BCUT2D eigenvalue weighted by molar-refractivity contribution is 0.136. The summed E-state index contributed by atoms with van der Waals surface area (Å²) in [4.78, 5) is 4.32. The number of pyridine rings is 1. The lowest BCUT2D eigenvalue weighted by Gasteiger charge is -2.13. The number of aromatic nitrogens is 5. The van der Waals surface area contributed by atoms with Crippen molar-refractivity contribution in [1.29, 1.82) is 0 Å². The summed E-state index contributed by atoms with van der Waals surface area (Å²) in [5.74, 6) is 0. The van der Waals surface area contributed by atoms with Crippen LogP contribution >= 0.6 is 23.2 Å². The number of aliphatic hydroxyl groups excluding tert-OH is 1.